The van der Waals surface area contributed by atoms with Crippen LogP contribution in [0.25, 0.3) is 0 Å². The third-order valence-corrected chi connectivity index (χ3v) is 5.09. The van der Waals surface area contributed by atoms with E-state index in [-0.39, 0.29) is 0 Å². The number of nitrogens with zero attached hydrogens (tertiary/aromatic N) is 2. The Hall–Kier alpha value is -0.210. The summed E-state index contributed by atoms with van der Waals surface area (Å²) >= 11 is 0. The van der Waals surface area contributed by atoms with Gasteiger partial charge in [0.05, 0.1) is 0 Å². The Morgan fingerprint density at radius 2 is 1.20 bits per heavy atom. The van der Waals surface area contributed by atoms with Crippen molar-refractivity contribution in [2.24, 2.45) is 0 Å². The molecular weight excluding hydrogens is 242 g/mol. The van der Waals surface area contributed by atoms with Crippen molar-refractivity contribution >= 4 is 13.7 Å². The standard InChI is InChI=1S/C16H32B2N2/c1-11(2)19(12(3)4)17-10-9-15-16(17)18(15)20(13(5)6)14(7)8/h9-16H,1-8H3. The van der Waals surface area contributed by atoms with E-state index in [1.54, 1.807) is 0 Å². The molecule has 0 radical (unpaired) electrons. The van der Waals surface area contributed by atoms with E-state index >= 15 is 0 Å². The van der Waals surface area contributed by atoms with Crippen LogP contribution in [0, 0.1) is 0 Å². The summed E-state index contributed by atoms with van der Waals surface area (Å²) in [5, 5.41) is 0. The van der Waals surface area contributed by atoms with Crippen molar-refractivity contribution in [2.45, 2.75) is 91.1 Å². The maximum Gasteiger partial charge on any atom is 0.247 e. The molecule has 2 aliphatic heterocycles. The van der Waals surface area contributed by atoms with Gasteiger partial charge in [0.1, 0.15) is 0 Å². The van der Waals surface area contributed by atoms with Crippen LogP contribution >= 0.6 is 0 Å². The minimum atomic E-state index is 0.621. The van der Waals surface area contributed by atoms with E-state index in [1.807, 2.05) is 0 Å². The summed E-state index contributed by atoms with van der Waals surface area (Å²) in [4.78, 5) is 5.42. The lowest BCUT2D eigenvalue weighted by atomic mass is 9.46. The van der Waals surface area contributed by atoms with Gasteiger partial charge >= 0.3 is 0 Å². The van der Waals surface area contributed by atoms with E-state index in [0.717, 1.165) is 18.4 Å². The van der Waals surface area contributed by atoms with Crippen molar-refractivity contribution in [1.82, 2.24) is 9.62 Å². The molecule has 0 aromatic carbocycles. The van der Waals surface area contributed by atoms with E-state index in [1.165, 1.54) is 0 Å². The van der Waals surface area contributed by atoms with E-state index in [0.29, 0.717) is 31.0 Å². The summed E-state index contributed by atoms with van der Waals surface area (Å²) in [6.07, 6.45) is 2.50. The Labute approximate surface area is 127 Å². The van der Waals surface area contributed by atoms with E-state index in [4.69, 9.17) is 0 Å². The molecule has 112 valence electrons. The molecule has 0 bridgehead atoms. The van der Waals surface area contributed by atoms with Crippen LogP contribution in [0.1, 0.15) is 55.4 Å². The summed E-state index contributed by atoms with van der Waals surface area (Å²) in [6, 6.07) is 2.53. The van der Waals surface area contributed by atoms with Gasteiger partial charge in [0, 0.05) is 0 Å². The normalized spacial score (nSPS) is 25.3. The smallest absolute Gasteiger partial charge is 0.247 e. The topological polar surface area (TPSA) is 6.48 Å². The van der Waals surface area contributed by atoms with Gasteiger partial charge in [-0.3, -0.25) is 0 Å². The van der Waals surface area contributed by atoms with Crippen molar-refractivity contribution in [3.05, 3.63) is 12.1 Å². The molecule has 2 unspecified atom stereocenters. The fraction of sp³-hybridized carbons (Fsp3) is 0.875. The van der Waals surface area contributed by atoms with Crippen molar-refractivity contribution in [2.75, 3.05) is 0 Å². The van der Waals surface area contributed by atoms with Crippen molar-refractivity contribution in [3.63, 3.8) is 0 Å². The number of fused-ring (bicyclic) bond motifs is 1. The molecule has 0 aromatic rings. The average Bonchev–Trinajstić information content (AvgIpc) is 2.77. The maximum absolute atomic E-state index is 2.73. The van der Waals surface area contributed by atoms with Gasteiger partial charge in [-0.1, -0.05) is 61.5 Å². The van der Waals surface area contributed by atoms with Crippen LogP contribution in [-0.4, -0.2) is 47.5 Å². The molecule has 1 saturated heterocycles. The first kappa shape index (κ1) is 16.2. The van der Waals surface area contributed by atoms with Crippen LogP contribution < -0.4 is 0 Å². The molecule has 0 N–H and O–H groups in total. The van der Waals surface area contributed by atoms with Gasteiger partial charge in [-0.2, -0.15) is 0 Å². The highest BCUT2D eigenvalue weighted by Crippen LogP contribution is 2.59. The predicted octanol–water partition coefficient (Wildman–Crippen LogP) is 3.61. The quantitative estimate of drug-likeness (QED) is 0.683. The third-order valence-electron chi connectivity index (χ3n) is 5.09. The van der Waals surface area contributed by atoms with Crippen molar-refractivity contribution in [3.8, 4) is 0 Å². The van der Waals surface area contributed by atoms with Crippen LogP contribution in [0.15, 0.2) is 12.1 Å². The first-order valence-corrected chi connectivity index (χ1v) is 8.50. The lowest BCUT2D eigenvalue weighted by Crippen LogP contribution is -2.50. The van der Waals surface area contributed by atoms with Crippen LogP contribution in [0.5, 0.6) is 0 Å². The molecule has 0 aromatic heterocycles. The monoisotopic (exact) mass is 274 g/mol. The lowest BCUT2D eigenvalue weighted by Gasteiger charge is -2.37. The number of rotatable bonds is 6. The maximum atomic E-state index is 2.73. The number of hydrogen-bond donors (Lipinski definition) is 0. The molecule has 2 heterocycles. The molecule has 1 fully saturated rings. The Balaban J connectivity index is 2.13. The minimum Gasteiger partial charge on any atom is -0.337 e. The zero-order chi connectivity index (χ0) is 15.2. The molecule has 2 aliphatic rings. The average molecular weight is 274 g/mol. The summed E-state index contributed by atoms with van der Waals surface area (Å²) in [6.45, 7) is 20.1. The molecule has 4 heteroatoms. The Morgan fingerprint density at radius 3 is 1.60 bits per heavy atom. The number of allylic oxidation sites excluding steroid dienone is 1. The van der Waals surface area contributed by atoms with E-state index in [9.17, 15) is 0 Å². The minimum absolute atomic E-state index is 0.621. The molecule has 20 heavy (non-hydrogen) atoms. The molecular formula is C16H32B2N2. The second-order valence-electron chi connectivity index (χ2n) is 7.79. The van der Waals surface area contributed by atoms with Gasteiger partial charge in [-0.05, 0) is 35.7 Å². The Morgan fingerprint density at radius 1 is 0.750 bits per heavy atom. The van der Waals surface area contributed by atoms with Gasteiger partial charge in [-0.15, -0.1) is 5.98 Å². The number of hydrogen-bond acceptors (Lipinski definition) is 2. The Bertz CT molecular complexity index is 349. The molecule has 0 amide bonds. The second-order valence-corrected chi connectivity index (χ2v) is 7.79. The van der Waals surface area contributed by atoms with Gasteiger partial charge in [0.25, 0.3) is 0 Å². The highest BCUT2D eigenvalue weighted by molar-refractivity contribution is 6.93. The Kier molecular flexibility index (Phi) is 4.76. The highest BCUT2D eigenvalue weighted by atomic mass is 15.2. The molecule has 2 rings (SSSR count). The SMILES string of the molecule is CC(C)N(B1C=CC2B(N(C(C)C)C(C)C)C12)C(C)C. The molecule has 0 aliphatic carbocycles. The lowest BCUT2D eigenvalue weighted by molar-refractivity contribution is 0.302. The van der Waals surface area contributed by atoms with Crippen LogP contribution in [-0.2, 0) is 0 Å². The first-order chi connectivity index (χ1) is 9.27. The summed E-state index contributed by atoms with van der Waals surface area (Å²) in [5.74, 6) is 3.27. The summed E-state index contributed by atoms with van der Waals surface area (Å²) in [7, 11) is 0. The molecule has 2 nitrogen and oxygen atoms in total. The fourth-order valence-corrected chi connectivity index (χ4v) is 4.65. The summed E-state index contributed by atoms with van der Waals surface area (Å²) < 4.78 is 0. The van der Waals surface area contributed by atoms with Gasteiger partial charge < -0.3 is 9.62 Å². The van der Waals surface area contributed by atoms with Gasteiger partial charge in [0.15, 0.2) is 0 Å². The van der Waals surface area contributed by atoms with Gasteiger partial charge in [-0.25, -0.2) is 0 Å². The first-order valence-electron chi connectivity index (χ1n) is 8.50. The predicted molar refractivity (Wildman–Crippen MR) is 92.4 cm³/mol. The zero-order valence-electron chi connectivity index (χ0n) is 14.7. The van der Waals surface area contributed by atoms with Crippen molar-refractivity contribution in [1.29, 1.82) is 0 Å². The van der Waals surface area contributed by atoms with Crippen LogP contribution in [0.2, 0.25) is 11.5 Å². The highest BCUT2D eigenvalue weighted by Gasteiger charge is 2.64. The van der Waals surface area contributed by atoms with Crippen molar-refractivity contribution < 1.29 is 0 Å². The molecule has 0 saturated carbocycles. The van der Waals surface area contributed by atoms with E-state index < -0.39 is 0 Å². The van der Waals surface area contributed by atoms with Gasteiger partial charge in [0.2, 0.25) is 13.7 Å². The molecule has 0 spiro atoms. The van der Waals surface area contributed by atoms with Crippen LogP contribution in [0.3, 0.4) is 0 Å². The van der Waals surface area contributed by atoms with E-state index in [2.05, 4.69) is 77.1 Å². The third kappa shape index (κ3) is 2.74. The van der Waals surface area contributed by atoms with Crippen LogP contribution in [0.4, 0.5) is 0 Å². The fourth-order valence-electron chi connectivity index (χ4n) is 4.65. The largest absolute Gasteiger partial charge is 0.337 e. The zero-order valence-corrected chi connectivity index (χ0v) is 14.7. The molecule has 2 atom stereocenters. The summed E-state index contributed by atoms with van der Waals surface area (Å²) in [5.41, 5.74) is 0.824. The second kappa shape index (κ2) is 5.88.